The molecule has 0 radical (unpaired) electrons. The second-order valence-electron chi connectivity index (χ2n) is 7.83. The van der Waals surface area contributed by atoms with E-state index >= 15 is 0 Å². The molecule has 4 aromatic rings. The Morgan fingerprint density at radius 2 is 1.65 bits per heavy atom. The molecule has 1 aromatic heterocycles. The van der Waals surface area contributed by atoms with Gasteiger partial charge in [0.1, 0.15) is 11.5 Å². The van der Waals surface area contributed by atoms with Crippen LogP contribution in [-0.2, 0) is 0 Å². The minimum absolute atomic E-state index is 0.0811. The maximum absolute atomic E-state index is 12.4. The third-order valence-corrected chi connectivity index (χ3v) is 5.63. The number of thiocarbonyl (C=S) groups is 1. The monoisotopic (exact) mass is 518 g/mol. The Morgan fingerprint density at radius 3 is 2.30 bits per heavy atom. The van der Waals surface area contributed by atoms with E-state index in [-0.39, 0.29) is 16.4 Å². The van der Waals surface area contributed by atoms with Crippen LogP contribution in [-0.4, -0.2) is 35.1 Å². The first-order chi connectivity index (χ1) is 17.8. The molecule has 0 atom stereocenters. The van der Waals surface area contributed by atoms with Gasteiger partial charge in [0.2, 0.25) is 0 Å². The SMILES string of the molecule is COc1cc2nccc(Oc3ccc(NC(=S)NC(=O)c4ccc([N+](=O)[O-])cc4)cc3C)c2cc1OC. The summed E-state index contributed by atoms with van der Waals surface area (Å²) < 4.78 is 17.0. The van der Waals surface area contributed by atoms with Crippen molar-refractivity contribution in [1.29, 1.82) is 0 Å². The summed E-state index contributed by atoms with van der Waals surface area (Å²) in [6, 6.07) is 16.0. The van der Waals surface area contributed by atoms with Gasteiger partial charge >= 0.3 is 0 Å². The predicted molar refractivity (Wildman–Crippen MR) is 143 cm³/mol. The zero-order valence-electron chi connectivity index (χ0n) is 20.1. The van der Waals surface area contributed by atoms with E-state index in [0.29, 0.717) is 34.2 Å². The summed E-state index contributed by atoms with van der Waals surface area (Å²) in [6.45, 7) is 1.88. The van der Waals surface area contributed by atoms with E-state index in [1.165, 1.54) is 24.3 Å². The first kappa shape index (κ1) is 25.3. The van der Waals surface area contributed by atoms with Crippen molar-refractivity contribution in [2.45, 2.75) is 6.92 Å². The van der Waals surface area contributed by atoms with Crippen LogP contribution in [0.1, 0.15) is 15.9 Å². The van der Waals surface area contributed by atoms with Crippen molar-refractivity contribution < 1.29 is 23.9 Å². The Morgan fingerprint density at radius 1 is 0.946 bits per heavy atom. The normalized spacial score (nSPS) is 10.5. The number of nitro groups is 1. The lowest BCUT2D eigenvalue weighted by atomic mass is 10.1. The molecule has 0 unspecified atom stereocenters. The second-order valence-corrected chi connectivity index (χ2v) is 8.24. The van der Waals surface area contributed by atoms with E-state index in [9.17, 15) is 14.9 Å². The molecule has 0 bridgehead atoms. The molecular weight excluding hydrogens is 496 g/mol. The van der Waals surface area contributed by atoms with Gasteiger partial charge in [-0.05, 0) is 67.2 Å². The third-order valence-electron chi connectivity index (χ3n) is 5.43. The molecule has 2 N–H and O–H groups in total. The molecule has 0 aliphatic rings. The van der Waals surface area contributed by atoms with Crippen molar-refractivity contribution in [2.75, 3.05) is 19.5 Å². The maximum Gasteiger partial charge on any atom is 0.269 e. The molecular formula is C26H22N4O6S. The Balaban J connectivity index is 1.46. The van der Waals surface area contributed by atoms with Crippen molar-refractivity contribution in [2.24, 2.45) is 0 Å². The number of aromatic nitrogens is 1. The number of rotatable bonds is 7. The molecule has 0 fully saturated rings. The number of carbonyl (C=O) groups excluding carboxylic acids is 1. The Labute approximate surface area is 217 Å². The highest BCUT2D eigenvalue weighted by Gasteiger charge is 2.14. The van der Waals surface area contributed by atoms with Crippen molar-refractivity contribution in [3.05, 3.63) is 88.1 Å². The van der Waals surface area contributed by atoms with Gasteiger partial charge in [-0.3, -0.25) is 25.2 Å². The minimum atomic E-state index is -0.533. The molecule has 0 saturated carbocycles. The number of benzene rings is 3. The molecule has 0 spiro atoms. The van der Waals surface area contributed by atoms with E-state index in [0.717, 1.165) is 10.9 Å². The number of hydrogen-bond acceptors (Lipinski definition) is 8. The standard InChI is InChI=1S/C26H22N4O6S/c1-15-12-17(28-26(37)29-25(31)16-4-7-18(8-5-16)30(32)33)6-9-21(15)36-22-10-11-27-20-14-24(35-3)23(34-2)13-19(20)22/h4-14H,1-3H3,(H2,28,29,31,37). The Bertz CT molecular complexity index is 1510. The van der Waals surface area contributed by atoms with E-state index < -0.39 is 10.8 Å². The van der Waals surface area contributed by atoms with Crippen LogP contribution in [0.3, 0.4) is 0 Å². The van der Waals surface area contributed by atoms with E-state index in [2.05, 4.69) is 15.6 Å². The number of hydrogen-bond donors (Lipinski definition) is 2. The fourth-order valence-electron chi connectivity index (χ4n) is 3.57. The van der Waals surface area contributed by atoms with Crippen molar-refractivity contribution in [3.8, 4) is 23.0 Å². The largest absolute Gasteiger partial charge is 0.493 e. The van der Waals surface area contributed by atoms with Gasteiger partial charge < -0.3 is 19.5 Å². The van der Waals surface area contributed by atoms with Crippen molar-refractivity contribution in [3.63, 3.8) is 0 Å². The highest BCUT2D eigenvalue weighted by Crippen LogP contribution is 2.37. The highest BCUT2D eigenvalue weighted by molar-refractivity contribution is 7.80. The number of methoxy groups -OCH3 is 2. The third kappa shape index (κ3) is 5.73. The zero-order valence-corrected chi connectivity index (χ0v) is 20.9. The van der Waals surface area contributed by atoms with Crippen LogP contribution in [0.15, 0.2) is 66.9 Å². The number of amides is 1. The number of nitrogens with zero attached hydrogens (tertiary/aromatic N) is 2. The minimum Gasteiger partial charge on any atom is -0.493 e. The van der Waals surface area contributed by atoms with Gasteiger partial charge in [0.15, 0.2) is 16.6 Å². The average molecular weight is 519 g/mol. The number of aryl methyl sites for hydroxylation is 1. The van der Waals surface area contributed by atoms with E-state index in [4.69, 9.17) is 26.4 Å². The van der Waals surface area contributed by atoms with Crippen molar-refractivity contribution >= 4 is 45.5 Å². The van der Waals surface area contributed by atoms with Gasteiger partial charge in [0, 0.05) is 41.0 Å². The smallest absolute Gasteiger partial charge is 0.269 e. The summed E-state index contributed by atoms with van der Waals surface area (Å²) in [5.74, 6) is 1.87. The molecule has 1 heterocycles. The quantitative estimate of drug-likeness (QED) is 0.188. The molecule has 188 valence electrons. The lowest BCUT2D eigenvalue weighted by molar-refractivity contribution is -0.384. The molecule has 1 amide bonds. The van der Waals surface area contributed by atoms with Crippen LogP contribution in [0.4, 0.5) is 11.4 Å². The first-order valence-electron chi connectivity index (χ1n) is 10.9. The summed E-state index contributed by atoms with van der Waals surface area (Å²) in [7, 11) is 3.13. The number of ether oxygens (including phenoxy) is 3. The topological polar surface area (TPSA) is 125 Å². The van der Waals surface area contributed by atoms with Gasteiger partial charge in [-0.15, -0.1) is 0 Å². The predicted octanol–water partition coefficient (Wildman–Crippen LogP) is 5.39. The molecule has 3 aromatic carbocycles. The Hall–Kier alpha value is -4.77. The van der Waals surface area contributed by atoms with E-state index in [1.54, 1.807) is 44.7 Å². The number of fused-ring (bicyclic) bond motifs is 1. The Kier molecular flexibility index (Phi) is 7.44. The molecule has 37 heavy (non-hydrogen) atoms. The van der Waals surface area contributed by atoms with Gasteiger partial charge in [-0.25, -0.2) is 0 Å². The molecule has 0 aliphatic carbocycles. The van der Waals surface area contributed by atoms with Gasteiger partial charge in [0.25, 0.3) is 11.6 Å². The number of carbonyl (C=O) groups is 1. The highest BCUT2D eigenvalue weighted by atomic mass is 32.1. The number of nitro benzene ring substituents is 1. The number of pyridine rings is 1. The maximum atomic E-state index is 12.4. The number of anilines is 1. The molecule has 4 rings (SSSR count). The average Bonchev–Trinajstić information content (AvgIpc) is 2.89. The molecule has 0 saturated heterocycles. The fraction of sp³-hybridized carbons (Fsp3) is 0.115. The van der Waals surface area contributed by atoms with Crippen LogP contribution in [0.25, 0.3) is 10.9 Å². The van der Waals surface area contributed by atoms with Crippen LogP contribution in [0.2, 0.25) is 0 Å². The second kappa shape index (κ2) is 10.9. The summed E-state index contributed by atoms with van der Waals surface area (Å²) >= 11 is 5.25. The zero-order chi connectivity index (χ0) is 26.5. The lowest BCUT2D eigenvalue weighted by Crippen LogP contribution is -2.34. The number of non-ortho nitro benzene ring substituents is 1. The fourth-order valence-corrected chi connectivity index (χ4v) is 3.78. The summed E-state index contributed by atoms with van der Waals surface area (Å²) in [5.41, 5.74) is 2.30. The van der Waals surface area contributed by atoms with E-state index in [1.807, 2.05) is 19.1 Å². The van der Waals surface area contributed by atoms with Gasteiger partial charge in [-0.2, -0.15) is 0 Å². The summed E-state index contributed by atoms with van der Waals surface area (Å²) in [6.07, 6.45) is 1.65. The van der Waals surface area contributed by atoms with Crippen molar-refractivity contribution in [1.82, 2.24) is 10.3 Å². The summed E-state index contributed by atoms with van der Waals surface area (Å²) in [5, 5.41) is 17.1. The van der Waals surface area contributed by atoms with Crippen LogP contribution in [0, 0.1) is 17.0 Å². The number of nitrogens with one attached hydrogen (secondary N) is 2. The van der Waals surface area contributed by atoms with Gasteiger partial charge in [0.05, 0.1) is 24.7 Å². The molecule has 11 heteroatoms. The van der Waals surface area contributed by atoms with Crippen LogP contribution < -0.4 is 24.8 Å². The lowest BCUT2D eigenvalue weighted by Gasteiger charge is -2.15. The summed E-state index contributed by atoms with van der Waals surface area (Å²) in [4.78, 5) is 27.0. The molecule has 10 nitrogen and oxygen atoms in total. The van der Waals surface area contributed by atoms with Gasteiger partial charge in [-0.1, -0.05) is 0 Å². The molecule has 0 aliphatic heterocycles. The first-order valence-corrected chi connectivity index (χ1v) is 11.4. The van der Waals surface area contributed by atoms with Crippen LogP contribution in [0.5, 0.6) is 23.0 Å². The van der Waals surface area contributed by atoms with Crippen LogP contribution >= 0.6 is 12.2 Å².